The van der Waals surface area contributed by atoms with Crippen LogP contribution in [-0.2, 0) is 65.4 Å². The maximum atomic E-state index is 13.1. The molecule has 0 aromatic rings. The van der Waals surface area contributed by atoms with E-state index in [1.165, 1.54) is 225 Å². The maximum Gasteiger partial charge on any atom is 0.472 e. The molecule has 588 valence electrons. The number of aliphatic hydroxyl groups is 1. The quantitative estimate of drug-likeness (QED) is 0.0222. The van der Waals surface area contributed by atoms with E-state index >= 15 is 0 Å². The number of hydrogen-bond donors (Lipinski definition) is 3. The minimum absolute atomic E-state index is 0.106. The first-order chi connectivity index (χ1) is 47.8. The summed E-state index contributed by atoms with van der Waals surface area (Å²) in [6.45, 7) is 12.0. The van der Waals surface area contributed by atoms with E-state index in [-0.39, 0.29) is 25.7 Å². The Morgan fingerprint density at radius 3 is 0.717 bits per heavy atom. The average Bonchev–Trinajstić information content (AvgIpc) is 0.975. The third-order valence-corrected chi connectivity index (χ3v) is 21.6. The van der Waals surface area contributed by atoms with Crippen LogP contribution in [0.2, 0.25) is 0 Å². The molecule has 0 aliphatic carbocycles. The molecule has 0 amide bonds. The number of rotatable bonds is 78. The molecule has 3 N–H and O–H groups in total. The molecule has 99 heavy (non-hydrogen) atoms. The van der Waals surface area contributed by atoms with Crippen molar-refractivity contribution in [3.8, 4) is 0 Å². The van der Waals surface area contributed by atoms with E-state index in [1.54, 1.807) is 0 Å². The molecule has 0 aromatic heterocycles. The molecule has 19 heteroatoms. The fourth-order valence-corrected chi connectivity index (χ4v) is 13.8. The maximum absolute atomic E-state index is 13.1. The van der Waals surface area contributed by atoms with Crippen molar-refractivity contribution in [2.75, 3.05) is 39.6 Å². The highest BCUT2D eigenvalue weighted by Crippen LogP contribution is 2.45. The summed E-state index contributed by atoms with van der Waals surface area (Å²) in [5, 5.41) is 10.6. The van der Waals surface area contributed by atoms with Crippen molar-refractivity contribution >= 4 is 39.5 Å². The van der Waals surface area contributed by atoms with Crippen molar-refractivity contribution in [3.05, 3.63) is 0 Å². The molecular weight excluding hydrogens is 1290 g/mol. The second-order valence-corrected chi connectivity index (χ2v) is 32.4. The molecular formula is C80H156O17P2. The van der Waals surface area contributed by atoms with Crippen LogP contribution in [0.1, 0.15) is 414 Å². The van der Waals surface area contributed by atoms with Crippen LogP contribution in [0.5, 0.6) is 0 Å². The van der Waals surface area contributed by atoms with Gasteiger partial charge in [0.1, 0.15) is 19.3 Å². The first kappa shape index (κ1) is 97.1. The normalized spacial score (nSPS) is 14.8. The van der Waals surface area contributed by atoms with Gasteiger partial charge in [-0.25, -0.2) is 9.13 Å². The molecule has 0 bridgehead atoms. The van der Waals surface area contributed by atoms with Crippen molar-refractivity contribution in [1.82, 2.24) is 0 Å². The van der Waals surface area contributed by atoms with Gasteiger partial charge in [0.25, 0.3) is 0 Å². The van der Waals surface area contributed by atoms with Gasteiger partial charge in [-0.1, -0.05) is 363 Å². The number of unbranched alkanes of at least 4 members (excludes halogenated alkanes) is 43. The molecule has 0 aliphatic heterocycles. The summed E-state index contributed by atoms with van der Waals surface area (Å²) < 4.78 is 68.7. The number of carbonyl (C=O) groups is 4. The lowest BCUT2D eigenvalue weighted by molar-refractivity contribution is -0.161. The van der Waals surface area contributed by atoms with Crippen LogP contribution in [-0.4, -0.2) is 96.7 Å². The molecule has 0 spiro atoms. The van der Waals surface area contributed by atoms with Crippen LogP contribution >= 0.6 is 15.6 Å². The van der Waals surface area contributed by atoms with Gasteiger partial charge in [-0.05, 0) is 43.4 Å². The molecule has 0 aliphatic rings. The van der Waals surface area contributed by atoms with Crippen molar-refractivity contribution in [2.24, 2.45) is 17.8 Å². The molecule has 8 atom stereocenters. The summed E-state index contributed by atoms with van der Waals surface area (Å²) in [6, 6.07) is 0. The van der Waals surface area contributed by atoms with Gasteiger partial charge in [-0.2, -0.15) is 0 Å². The molecule has 0 fully saturated rings. The summed E-state index contributed by atoms with van der Waals surface area (Å²) in [7, 11) is -9.92. The lowest BCUT2D eigenvalue weighted by Gasteiger charge is -2.21. The van der Waals surface area contributed by atoms with Crippen molar-refractivity contribution in [2.45, 2.75) is 433 Å². The molecule has 0 saturated carbocycles. The SMILES string of the molecule is CCCCCCCCCCCCCCCCCC(=O)OC[C@H](COP(=O)(O)OC[C@@H](O)COP(=O)(O)OC[C@@H](COC(=O)CCCCCCCCCCC(C)CC)OC(=O)CCCCCCCCCCCCC(C)CC)OC(=O)CCCCCCCCCCCCCCCCC(C)CC. The predicted octanol–water partition coefficient (Wildman–Crippen LogP) is 23.7. The smallest absolute Gasteiger partial charge is 0.462 e. The van der Waals surface area contributed by atoms with E-state index in [4.69, 9.17) is 37.0 Å². The Morgan fingerprint density at radius 2 is 0.485 bits per heavy atom. The highest BCUT2D eigenvalue weighted by Gasteiger charge is 2.30. The molecule has 17 nitrogen and oxygen atoms in total. The molecule has 5 unspecified atom stereocenters. The number of phosphoric ester groups is 2. The average molecular weight is 1450 g/mol. The van der Waals surface area contributed by atoms with E-state index < -0.39 is 97.5 Å². The van der Waals surface area contributed by atoms with Gasteiger partial charge in [0.05, 0.1) is 26.4 Å². The third kappa shape index (κ3) is 70.2. The van der Waals surface area contributed by atoms with E-state index in [0.29, 0.717) is 25.7 Å². The minimum Gasteiger partial charge on any atom is -0.462 e. The Balaban J connectivity index is 5.28. The summed E-state index contributed by atoms with van der Waals surface area (Å²) >= 11 is 0. The largest absolute Gasteiger partial charge is 0.472 e. The highest BCUT2D eigenvalue weighted by molar-refractivity contribution is 7.47. The van der Waals surface area contributed by atoms with Crippen LogP contribution in [0.4, 0.5) is 0 Å². The highest BCUT2D eigenvalue weighted by atomic mass is 31.2. The van der Waals surface area contributed by atoms with Crippen LogP contribution < -0.4 is 0 Å². The van der Waals surface area contributed by atoms with Gasteiger partial charge < -0.3 is 33.8 Å². The van der Waals surface area contributed by atoms with Crippen LogP contribution in [0.3, 0.4) is 0 Å². The van der Waals surface area contributed by atoms with Gasteiger partial charge in [0.15, 0.2) is 12.2 Å². The van der Waals surface area contributed by atoms with E-state index in [2.05, 4.69) is 48.5 Å². The van der Waals surface area contributed by atoms with Crippen LogP contribution in [0.15, 0.2) is 0 Å². The lowest BCUT2D eigenvalue weighted by Crippen LogP contribution is -2.30. The van der Waals surface area contributed by atoms with E-state index in [9.17, 15) is 43.2 Å². The number of hydrogen-bond acceptors (Lipinski definition) is 15. The first-order valence-electron chi connectivity index (χ1n) is 41.5. The van der Waals surface area contributed by atoms with Gasteiger partial charge in [0, 0.05) is 25.7 Å². The first-order valence-corrected chi connectivity index (χ1v) is 44.5. The molecule has 0 rings (SSSR count). The number of phosphoric acid groups is 2. The van der Waals surface area contributed by atoms with E-state index in [1.807, 2.05) is 0 Å². The molecule has 0 heterocycles. The standard InChI is InChI=1S/C80H156O17P2/c1-8-12-13-14-15-16-17-18-19-23-26-32-40-47-54-61-77(82)90-67-75(96-79(84)63-56-49-42-33-27-24-21-20-22-25-30-37-44-51-58-71(5)9-2)69-94-98(86,87)92-65-74(81)66-93-99(88,89)95-70-76(68-91-78(83)62-55-48-41-36-35-39-46-53-60-73(7)11-4)97-80(85)64-57-50-43-34-29-28-31-38-45-52-59-72(6)10-3/h71-76,81H,8-70H2,1-7H3,(H,86,87)(H,88,89)/t71?,72?,73?,74-,75-,76-/m1/s1. The topological polar surface area (TPSA) is 237 Å². The summed E-state index contributed by atoms with van der Waals surface area (Å²) in [5.41, 5.74) is 0. The second kappa shape index (κ2) is 70.4. The Bertz CT molecular complexity index is 1930. The van der Waals surface area contributed by atoms with Crippen molar-refractivity contribution in [1.29, 1.82) is 0 Å². The monoisotopic (exact) mass is 1450 g/mol. The summed E-state index contributed by atoms with van der Waals surface area (Å²) in [6.07, 6.45) is 58.0. The minimum atomic E-state index is -4.96. The van der Waals surface area contributed by atoms with E-state index in [0.717, 1.165) is 108 Å². The van der Waals surface area contributed by atoms with Crippen LogP contribution in [0, 0.1) is 17.8 Å². The summed E-state index contributed by atoms with van der Waals surface area (Å²) in [5.74, 6) is 0.315. The fourth-order valence-electron chi connectivity index (χ4n) is 12.2. The molecule has 0 aromatic carbocycles. The molecule has 0 saturated heterocycles. The Hall–Kier alpha value is -1.94. The third-order valence-electron chi connectivity index (χ3n) is 19.7. The van der Waals surface area contributed by atoms with Gasteiger partial charge in [0.2, 0.25) is 0 Å². The van der Waals surface area contributed by atoms with Gasteiger partial charge in [-0.15, -0.1) is 0 Å². The second-order valence-electron chi connectivity index (χ2n) is 29.5. The Labute approximate surface area is 607 Å². The number of carbonyl (C=O) groups excluding carboxylic acids is 4. The zero-order chi connectivity index (χ0) is 73.0. The zero-order valence-corrected chi connectivity index (χ0v) is 66.8. The fraction of sp³-hybridized carbons (Fsp3) is 0.950. The Morgan fingerprint density at radius 1 is 0.283 bits per heavy atom. The predicted molar refractivity (Wildman–Crippen MR) is 405 cm³/mol. The van der Waals surface area contributed by atoms with Gasteiger partial charge >= 0.3 is 39.5 Å². The molecule has 0 radical (unpaired) electrons. The number of ether oxygens (including phenoxy) is 4. The number of esters is 4. The van der Waals surface area contributed by atoms with Gasteiger partial charge in [-0.3, -0.25) is 37.3 Å². The van der Waals surface area contributed by atoms with Crippen molar-refractivity contribution < 1.29 is 80.2 Å². The van der Waals surface area contributed by atoms with Crippen LogP contribution in [0.25, 0.3) is 0 Å². The summed E-state index contributed by atoms with van der Waals surface area (Å²) in [4.78, 5) is 73.0. The van der Waals surface area contributed by atoms with Crippen molar-refractivity contribution in [3.63, 3.8) is 0 Å². The lowest BCUT2D eigenvalue weighted by atomic mass is 9.99. The Kier molecular flexibility index (Phi) is 69.0. The number of aliphatic hydroxyl groups excluding tert-OH is 1. The zero-order valence-electron chi connectivity index (χ0n) is 65.0.